The molecule has 0 spiro atoms. The Morgan fingerprint density at radius 1 is 1.89 bits per heavy atom. The van der Waals surface area contributed by atoms with Crippen molar-refractivity contribution < 1.29 is 45.6 Å². The monoisotopic (exact) mass is 138 g/mol. The van der Waals surface area contributed by atoms with Gasteiger partial charge in [-0.1, -0.05) is 5.92 Å². The van der Waals surface area contributed by atoms with Gasteiger partial charge in [0.15, 0.2) is 0 Å². The summed E-state index contributed by atoms with van der Waals surface area (Å²) < 4.78 is 4.41. The smallest absolute Gasteiger partial charge is 1.00 e. The van der Waals surface area contributed by atoms with E-state index >= 15 is 0 Å². The quantitative estimate of drug-likeness (QED) is 0.254. The largest absolute Gasteiger partial charge is 1.00 e. The molecule has 0 aromatic heterocycles. The molecule has 0 saturated heterocycles. The predicted molar refractivity (Wildman–Crippen MR) is 28.4 cm³/mol. The zero-order chi connectivity index (χ0) is 6.41. The van der Waals surface area contributed by atoms with Crippen molar-refractivity contribution in [2.24, 2.45) is 0 Å². The standard InChI is InChI=1S/C5H6O3.Na.H/c1-2-3-8-4-5(6)7;;/h1H,3-4H2,(H,6,7);;/q;+1;-1. The summed E-state index contributed by atoms with van der Waals surface area (Å²) in [5, 5.41) is 7.95. The molecule has 46 valence electrons. The van der Waals surface area contributed by atoms with Crippen molar-refractivity contribution >= 4 is 5.97 Å². The van der Waals surface area contributed by atoms with E-state index in [2.05, 4.69) is 10.7 Å². The molecule has 0 aromatic carbocycles. The van der Waals surface area contributed by atoms with Crippen LogP contribution in [0.15, 0.2) is 0 Å². The first-order valence-electron chi connectivity index (χ1n) is 2.00. The third-order valence-corrected chi connectivity index (χ3v) is 0.411. The van der Waals surface area contributed by atoms with Crippen LogP contribution >= 0.6 is 0 Å². The molecule has 0 atom stereocenters. The van der Waals surface area contributed by atoms with Crippen LogP contribution in [-0.4, -0.2) is 24.3 Å². The Labute approximate surface area is 77.2 Å². The molecule has 0 rings (SSSR count). The maximum atomic E-state index is 9.68. The molecule has 0 aliphatic rings. The van der Waals surface area contributed by atoms with Crippen LogP contribution in [0.25, 0.3) is 0 Å². The molecule has 4 heteroatoms. The maximum absolute atomic E-state index is 9.68. The second kappa shape index (κ2) is 7.99. The van der Waals surface area contributed by atoms with Gasteiger partial charge >= 0.3 is 35.5 Å². The number of carboxylic acid groups (broad SMARTS) is 1. The molecule has 0 amide bonds. The molecular weight excluding hydrogens is 131 g/mol. The second-order valence-corrected chi connectivity index (χ2v) is 1.09. The fourth-order valence-corrected chi connectivity index (χ4v) is 0.197. The van der Waals surface area contributed by atoms with Crippen molar-refractivity contribution in [2.45, 2.75) is 0 Å². The Hall–Kier alpha value is -0.0100. The van der Waals surface area contributed by atoms with E-state index in [4.69, 9.17) is 11.5 Å². The normalized spacial score (nSPS) is 7.00. The third kappa shape index (κ3) is 11.5. The number of carbonyl (C=O) groups is 1. The van der Waals surface area contributed by atoms with E-state index in [1.54, 1.807) is 0 Å². The first-order chi connectivity index (χ1) is 3.77. The minimum absolute atomic E-state index is 0. The van der Waals surface area contributed by atoms with Crippen molar-refractivity contribution in [3.05, 3.63) is 0 Å². The number of hydrogen-bond acceptors (Lipinski definition) is 2. The zero-order valence-corrected chi connectivity index (χ0v) is 7.26. The van der Waals surface area contributed by atoms with Crippen LogP contribution < -0.4 is 29.6 Å². The van der Waals surface area contributed by atoms with Gasteiger partial charge < -0.3 is 11.3 Å². The van der Waals surface area contributed by atoms with Crippen LogP contribution in [0.4, 0.5) is 0 Å². The van der Waals surface area contributed by atoms with Crippen molar-refractivity contribution in [3.8, 4) is 12.3 Å². The summed E-state index contributed by atoms with van der Waals surface area (Å²) in [4.78, 5) is 9.68. The van der Waals surface area contributed by atoms with Crippen LogP contribution in [0.3, 0.4) is 0 Å². The number of terminal acetylenes is 1. The van der Waals surface area contributed by atoms with E-state index in [-0.39, 0.29) is 44.2 Å². The average molecular weight is 138 g/mol. The van der Waals surface area contributed by atoms with E-state index in [0.717, 1.165) is 0 Å². The first kappa shape index (κ1) is 11.7. The predicted octanol–water partition coefficient (Wildman–Crippen LogP) is -3.16. The van der Waals surface area contributed by atoms with Gasteiger partial charge in [0.2, 0.25) is 0 Å². The summed E-state index contributed by atoms with van der Waals surface area (Å²) in [6, 6.07) is 0. The summed E-state index contributed by atoms with van der Waals surface area (Å²) in [5.41, 5.74) is 0. The molecule has 0 aliphatic heterocycles. The fourth-order valence-electron chi connectivity index (χ4n) is 0.197. The van der Waals surface area contributed by atoms with Gasteiger partial charge in [0.1, 0.15) is 13.2 Å². The molecule has 0 saturated carbocycles. The Bertz CT molecular complexity index is 121. The van der Waals surface area contributed by atoms with Crippen LogP contribution in [0, 0.1) is 12.3 Å². The molecule has 0 aliphatic carbocycles. The minimum atomic E-state index is -1.000. The Balaban J connectivity index is -0.000000245. The van der Waals surface area contributed by atoms with Crippen LogP contribution in [-0.2, 0) is 9.53 Å². The molecule has 0 bridgehead atoms. The summed E-state index contributed by atoms with van der Waals surface area (Å²) in [5.74, 6) is 1.14. The van der Waals surface area contributed by atoms with Gasteiger partial charge in [-0.15, -0.1) is 6.42 Å². The van der Waals surface area contributed by atoms with Crippen LogP contribution in [0.5, 0.6) is 0 Å². The molecule has 0 aromatic rings. The van der Waals surface area contributed by atoms with Crippen molar-refractivity contribution in [1.82, 2.24) is 0 Å². The summed E-state index contributed by atoms with van der Waals surface area (Å²) in [6.07, 6.45) is 4.75. The number of ether oxygens (including phenoxy) is 1. The van der Waals surface area contributed by atoms with E-state index in [0.29, 0.717) is 0 Å². The van der Waals surface area contributed by atoms with E-state index in [9.17, 15) is 4.79 Å². The summed E-state index contributed by atoms with van der Waals surface area (Å²) in [6.45, 7) is -0.253. The maximum Gasteiger partial charge on any atom is 1.00 e. The number of aliphatic carboxylic acids is 1. The molecule has 9 heavy (non-hydrogen) atoms. The first-order valence-corrected chi connectivity index (χ1v) is 2.00. The fraction of sp³-hybridized carbons (Fsp3) is 0.400. The van der Waals surface area contributed by atoms with E-state index < -0.39 is 5.97 Å². The Morgan fingerprint density at radius 3 is 2.78 bits per heavy atom. The van der Waals surface area contributed by atoms with Gasteiger partial charge in [0.05, 0.1) is 0 Å². The summed E-state index contributed by atoms with van der Waals surface area (Å²) in [7, 11) is 0. The second-order valence-electron chi connectivity index (χ2n) is 1.09. The zero-order valence-electron chi connectivity index (χ0n) is 6.26. The Kier molecular flexibility index (Phi) is 10.4. The van der Waals surface area contributed by atoms with Crippen molar-refractivity contribution in [3.63, 3.8) is 0 Å². The molecule has 0 fully saturated rings. The van der Waals surface area contributed by atoms with Crippen LogP contribution in [0.1, 0.15) is 1.43 Å². The molecule has 3 nitrogen and oxygen atoms in total. The van der Waals surface area contributed by atoms with Gasteiger partial charge in [-0.25, -0.2) is 4.79 Å². The molecule has 1 N–H and O–H groups in total. The van der Waals surface area contributed by atoms with Crippen LogP contribution in [0.2, 0.25) is 0 Å². The number of carboxylic acids is 1. The van der Waals surface area contributed by atoms with Crippen molar-refractivity contribution in [2.75, 3.05) is 13.2 Å². The van der Waals surface area contributed by atoms with Gasteiger partial charge in [0.25, 0.3) is 0 Å². The third-order valence-electron chi connectivity index (χ3n) is 0.411. The average Bonchev–Trinajstić information content (AvgIpc) is 1.66. The number of rotatable bonds is 3. The van der Waals surface area contributed by atoms with Crippen molar-refractivity contribution in [1.29, 1.82) is 0 Å². The van der Waals surface area contributed by atoms with Gasteiger partial charge in [-0.05, 0) is 0 Å². The van der Waals surface area contributed by atoms with Gasteiger partial charge in [0, 0.05) is 0 Å². The minimum Gasteiger partial charge on any atom is -1.00 e. The van der Waals surface area contributed by atoms with E-state index in [1.807, 2.05) is 0 Å². The summed E-state index contributed by atoms with van der Waals surface area (Å²) >= 11 is 0. The van der Waals surface area contributed by atoms with Gasteiger partial charge in [-0.2, -0.15) is 0 Å². The molecular formula is C5H7NaO3. The topological polar surface area (TPSA) is 46.5 Å². The van der Waals surface area contributed by atoms with E-state index in [1.165, 1.54) is 0 Å². The molecule has 0 heterocycles. The number of hydrogen-bond donors (Lipinski definition) is 1. The Morgan fingerprint density at radius 2 is 2.44 bits per heavy atom. The van der Waals surface area contributed by atoms with Gasteiger partial charge in [-0.3, -0.25) is 0 Å². The molecule has 0 radical (unpaired) electrons. The molecule has 0 unspecified atom stereocenters. The SMILES string of the molecule is C#CCOCC(=O)O.[H-].[Na+].